The van der Waals surface area contributed by atoms with Gasteiger partial charge in [-0.05, 0) is 60.7 Å². The molecule has 8 heteroatoms. The van der Waals surface area contributed by atoms with Crippen molar-refractivity contribution in [1.29, 1.82) is 0 Å². The van der Waals surface area contributed by atoms with Gasteiger partial charge < -0.3 is 18.9 Å². The Bertz CT molecular complexity index is 1430. The van der Waals surface area contributed by atoms with Crippen molar-refractivity contribution in [2.45, 2.75) is 12.2 Å². The molecule has 0 spiro atoms. The van der Waals surface area contributed by atoms with Crippen molar-refractivity contribution in [1.82, 2.24) is 19.9 Å². The molecular formula is C28H22N4O4. The van der Waals surface area contributed by atoms with Gasteiger partial charge in [-0.1, -0.05) is 0 Å². The topological polar surface area (TPSA) is 95.1 Å². The first-order valence-corrected chi connectivity index (χ1v) is 11.9. The molecule has 2 aliphatic rings. The van der Waals surface area contributed by atoms with E-state index in [4.69, 9.17) is 28.9 Å². The molecule has 0 bridgehead atoms. The van der Waals surface area contributed by atoms with Crippen LogP contribution in [0.4, 0.5) is 0 Å². The van der Waals surface area contributed by atoms with Gasteiger partial charge in [-0.25, -0.2) is 9.97 Å². The van der Waals surface area contributed by atoms with E-state index in [1.807, 2.05) is 60.7 Å². The average Bonchev–Trinajstić information content (AvgIpc) is 3.85. The van der Waals surface area contributed by atoms with E-state index in [1.165, 1.54) is 0 Å². The Labute approximate surface area is 206 Å². The maximum absolute atomic E-state index is 5.73. The quantitative estimate of drug-likeness (QED) is 0.238. The highest BCUT2D eigenvalue weighted by atomic mass is 16.6. The second-order valence-electron chi connectivity index (χ2n) is 8.92. The summed E-state index contributed by atoms with van der Waals surface area (Å²) in [4.78, 5) is 18.9. The maximum Gasteiger partial charge on any atom is 0.119 e. The summed E-state index contributed by atoms with van der Waals surface area (Å²) in [5, 5.41) is 0. The molecule has 0 saturated carbocycles. The largest absolute Gasteiger partial charge is 0.491 e. The Kier molecular flexibility index (Phi) is 5.18. The standard InChI is InChI=1S/C28H22N4O4/c1-5-19(33-13-21-15-35-21)6-2-17(1)27-11-29-23-9-24-26(10-25(23)31-27)32-28(12-30-24)18-3-7-20(8-4-18)34-14-22-16-36-22/h1-12,21-22H,13-16H2. The minimum absolute atomic E-state index is 0.232. The van der Waals surface area contributed by atoms with Gasteiger partial charge in [-0.2, -0.15) is 0 Å². The zero-order chi connectivity index (χ0) is 23.9. The van der Waals surface area contributed by atoms with Gasteiger partial charge in [0.25, 0.3) is 0 Å². The number of nitrogens with zero attached hydrogens (tertiary/aromatic N) is 4. The molecule has 2 unspecified atom stereocenters. The summed E-state index contributed by atoms with van der Waals surface area (Å²) in [6.45, 7) is 2.73. The lowest BCUT2D eigenvalue weighted by Crippen LogP contribution is -2.03. The number of benzene rings is 3. The molecule has 7 rings (SSSR count). The van der Waals surface area contributed by atoms with Crippen molar-refractivity contribution in [3.05, 3.63) is 73.1 Å². The highest BCUT2D eigenvalue weighted by molar-refractivity contribution is 5.92. The number of rotatable bonds is 8. The fourth-order valence-electron chi connectivity index (χ4n) is 3.95. The molecular weight excluding hydrogens is 456 g/mol. The lowest BCUT2D eigenvalue weighted by atomic mass is 10.1. The predicted molar refractivity (Wildman–Crippen MR) is 134 cm³/mol. The zero-order valence-electron chi connectivity index (χ0n) is 19.3. The van der Waals surface area contributed by atoms with Gasteiger partial charge >= 0.3 is 0 Å². The predicted octanol–water partition coefficient (Wildman–Crippen LogP) is 4.46. The molecule has 2 fully saturated rings. The van der Waals surface area contributed by atoms with Crippen LogP contribution >= 0.6 is 0 Å². The van der Waals surface area contributed by atoms with Gasteiger partial charge in [0.05, 0.1) is 59.1 Å². The summed E-state index contributed by atoms with van der Waals surface area (Å²) in [5.74, 6) is 1.63. The normalized spacial score (nSPS) is 18.3. The molecule has 2 saturated heterocycles. The van der Waals surface area contributed by atoms with Gasteiger partial charge in [-0.15, -0.1) is 0 Å². The second kappa shape index (κ2) is 8.82. The monoisotopic (exact) mass is 478 g/mol. The molecule has 2 aromatic heterocycles. The van der Waals surface area contributed by atoms with E-state index >= 15 is 0 Å². The van der Waals surface area contributed by atoms with Gasteiger partial charge in [0.15, 0.2) is 0 Å². The minimum Gasteiger partial charge on any atom is -0.491 e. The summed E-state index contributed by atoms with van der Waals surface area (Å²) in [6.07, 6.45) is 4.02. The van der Waals surface area contributed by atoms with Gasteiger partial charge in [0.1, 0.15) is 36.9 Å². The molecule has 2 atom stereocenters. The molecule has 0 aliphatic carbocycles. The van der Waals surface area contributed by atoms with Crippen LogP contribution in [-0.4, -0.2) is 58.6 Å². The number of ether oxygens (including phenoxy) is 4. The van der Waals surface area contributed by atoms with Crippen LogP contribution in [0.3, 0.4) is 0 Å². The molecule has 0 radical (unpaired) electrons. The second-order valence-corrected chi connectivity index (χ2v) is 8.92. The van der Waals surface area contributed by atoms with Crippen molar-refractivity contribution < 1.29 is 18.9 Å². The van der Waals surface area contributed by atoms with E-state index in [0.717, 1.165) is 69.3 Å². The Hall–Kier alpha value is -4.14. The van der Waals surface area contributed by atoms with Crippen LogP contribution in [0.25, 0.3) is 44.6 Å². The van der Waals surface area contributed by atoms with Gasteiger partial charge in [0, 0.05) is 11.1 Å². The van der Waals surface area contributed by atoms with E-state index in [2.05, 4.69) is 9.97 Å². The average molecular weight is 479 g/mol. The van der Waals surface area contributed by atoms with Crippen LogP contribution < -0.4 is 9.47 Å². The molecule has 5 aromatic rings. The maximum atomic E-state index is 5.73. The Balaban J connectivity index is 1.14. The van der Waals surface area contributed by atoms with E-state index in [-0.39, 0.29) is 12.2 Å². The van der Waals surface area contributed by atoms with Crippen LogP contribution in [0, 0.1) is 0 Å². The van der Waals surface area contributed by atoms with Crippen LogP contribution in [-0.2, 0) is 9.47 Å². The summed E-state index contributed by atoms with van der Waals surface area (Å²) >= 11 is 0. The van der Waals surface area contributed by atoms with Crippen molar-refractivity contribution in [2.75, 3.05) is 26.4 Å². The zero-order valence-corrected chi connectivity index (χ0v) is 19.3. The van der Waals surface area contributed by atoms with E-state index in [1.54, 1.807) is 12.4 Å². The Morgan fingerprint density at radius 2 is 1.03 bits per heavy atom. The summed E-state index contributed by atoms with van der Waals surface area (Å²) < 4.78 is 21.8. The number of hydrogen-bond acceptors (Lipinski definition) is 8. The van der Waals surface area contributed by atoms with E-state index in [0.29, 0.717) is 13.2 Å². The summed E-state index contributed by atoms with van der Waals surface area (Å²) in [5.41, 5.74) is 6.60. The number of aromatic nitrogens is 4. The molecule has 8 nitrogen and oxygen atoms in total. The third-order valence-corrected chi connectivity index (χ3v) is 6.18. The van der Waals surface area contributed by atoms with E-state index < -0.39 is 0 Å². The fraction of sp³-hybridized carbons (Fsp3) is 0.214. The number of fused-ring (bicyclic) bond motifs is 2. The fourth-order valence-corrected chi connectivity index (χ4v) is 3.95. The van der Waals surface area contributed by atoms with Crippen LogP contribution in [0.5, 0.6) is 11.5 Å². The number of hydrogen-bond donors (Lipinski definition) is 0. The molecule has 2 aliphatic heterocycles. The molecule has 36 heavy (non-hydrogen) atoms. The molecule has 3 aromatic carbocycles. The van der Waals surface area contributed by atoms with Crippen molar-refractivity contribution >= 4 is 22.1 Å². The van der Waals surface area contributed by atoms with Crippen molar-refractivity contribution in [3.63, 3.8) is 0 Å². The minimum atomic E-state index is 0.232. The van der Waals surface area contributed by atoms with Crippen molar-refractivity contribution in [2.24, 2.45) is 0 Å². The first kappa shape index (κ1) is 21.2. The lowest BCUT2D eigenvalue weighted by molar-refractivity contribution is 0.263. The molecule has 4 heterocycles. The lowest BCUT2D eigenvalue weighted by Gasteiger charge is -2.08. The highest BCUT2D eigenvalue weighted by Crippen LogP contribution is 2.27. The molecule has 0 amide bonds. The van der Waals surface area contributed by atoms with E-state index in [9.17, 15) is 0 Å². The third kappa shape index (κ3) is 4.56. The Morgan fingerprint density at radius 1 is 0.611 bits per heavy atom. The first-order chi connectivity index (χ1) is 17.8. The first-order valence-electron chi connectivity index (χ1n) is 11.9. The smallest absolute Gasteiger partial charge is 0.119 e. The number of epoxide rings is 2. The van der Waals surface area contributed by atoms with Crippen molar-refractivity contribution in [3.8, 4) is 34.0 Å². The van der Waals surface area contributed by atoms with Gasteiger partial charge in [-0.3, -0.25) is 9.97 Å². The summed E-state index contributed by atoms with van der Waals surface area (Å²) in [6, 6.07) is 19.6. The highest BCUT2D eigenvalue weighted by Gasteiger charge is 2.23. The third-order valence-electron chi connectivity index (χ3n) is 6.18. The SMILES string of the molecule is c1cc(-c2cnc3cc4ncc(-c5ccc(OCC6CO6)cc5)nc4cc3n2)ccc1OCC1CO1. The van der Waals surface area contributed by atoms with Crippen LogP contribution in [0.15, 0.2) is 73.1 Å². The van der Waals surface area contributed by atoms with Crippen LogP contribution in [0.1, 0.15) is 0 Å². The van der Waals surface area contributed by atoms with Crippen LogP contribution in [0.2, 0.25) is 0 Å². The van der Waals surface area contributed by atoms with Gasteiger partial charge in [0.2, 0.25) is 0 Å². The summed E-state index contributed by atoms with van der Waals surface area (Å²) in [7, 11) is 0. The Morgan fingerprint density at radius 3 is 1.44 bits per heavy atom. The molecule has 0 N–H and O–H groups in total. The molecule has 178 valence electrons.